The molecule has 0 spiro atoms. The van der Waals surface area contributed by atoms with Crippen LogP contribution in [0.25, 0.3) is 5.82 Å². The van der Waals surface area contributed by atoms with Crippen LogP contribution in [0.15, 0.2) is 30.5 Å². The molecule has 1 saturated heterocycles. The second kappa shape index (κ2) is 5.32. The van der Waals surface area contributed by atoms with Crippen LogP contribution in [-0.2, 0) is 15.5 Å². The summed E-state index contributed by atoms with van der Waals surface area (Å²) in [6, 6.07) is 5.86. The van der Waals surface area contributed by atoms with E-state index in [9.17, 15) is 13.2 Å². The van der Waals surface area contributed by atoms with Crippen LogP contribution in [0.4, 0.5) is 13.2 Å². The van der Waals surface area contributed by atoms with Gasteiger partial charge in [-0.05, 0) is 45.9 Å². The molecular weight excluding hydrogens is 322 g/mol. The van der Waals surface area contributed by atoms with Crippen LogP contribution in [0.2, 0.25) is 0 Å². The Kier molecular flexibility index (Phi) is 3.76. The number of pyridine rings is 1. The maximum absolute atomic E-state index is 13.1. The predicted molar refractivity (Wildman–Crippen MR) is 82.1 cm³/mol. The van der Waals surface area contributed by atoms with Gasteiger partial charge in [-0.1, -0.05) is 6.07 Å². The van der Waals surface area contributed by atoms with Gasteiger partial charge in [0.25, 0.3) is 0 Å². The fourth-order valence-electron chi connectivity index (χ4n) is 2.33. The summed E-state index contributed by atoms with van der Waals surface area (Å²) in [6.45, 7) is 7.33. The third-order valence-electron chi connectivity index (χ3n) is 4.39. The number of halogens is 3. The van der Waals surface area contributed by atoms with Crippen LogP contribution < -0.4 is 5.59 Å². The van der Waals surface area contributed by atoms with Crippen molar-refractivity contribution in [1.82, 2.24) is 14.8 Å². The molecular formula is C15H17BF3N3O2. The van der Waals surface area contributed by atoms with E-state index in [0.717, 1.165) is 10.7 Å². The van der Waals surface area contributed by atoms with E-state index in [0.29, 0.717) is 0 Å². The van der Waals surface area contributed by atoms with E-state index in [2.05, 4.69) is 10.1 Å². The number of rotatable bonds is 2. The van der Waals surface area contributed by atoms with Gasteiger partial charge in [0.15, 0.2) is 11.5 Å². The van der Waals surface area contributed by atoms with Gasteiger partial charge in [-0.3, -0.25) is 0 Å². The molecule has 3 heterocycles. The summed E-state index contributed by atoms with van der Waals surface area (Å²) in [6.07, 6.45) is -3.09. The summed E-state index contributed by atoms with van der Waals surface area (Å²) in [5, 5.41) is 3.66. The Morgan fingerprint density at radius 1 is 1.08 bits per heavy atom. The van der Waals surface area contributed by atoms with Crippen molar-refractivity contribution in [2.24, 2.45) is 0 Å². The van der Waals surface area contributed by atoms with E-state index in [1.54, 1.807) is 18.2 Å². The first kappa shape index (κ1) is 17.0. The number of hydrogen-bond donors (Lipinski definition) is 0. The molecule has 128 valence electrons. The highest BCUT2D eigenvalue weighted by atomic mass is 19.4. The number of nitrogens with zero attached hydrogens (tertiary/aromatic N) is 3. The van der Waals surface area contributed by atoms with Crippen molar-refractivity contribution in [2.75, 3.05) is 0 Å². The molecule has 1 aliphatic heterocycles. The fourth-order valence-corrected chi connectivity index (χ4v) is 2.33. The lowest BCUT2D eigenvalue weighted by molar-refractivity contribution is -0.141. The largest absolute Gasteiger partial charge is 0.514 e. The van der Waals surface area contributed by atoms with Crippen LogP contribution >= 0.6 is 0 Å². The molecule has 2 aromatic rings. The third-order valence-corrected chi connectivity index (χ3v) is 4.39. The van der Waals surface area contributed by atoms with Gasteiger partial charge in [0.1, 0.15) is 0 Å². The topological polar surface area (TPSA) is 49.2 Å². The second-order valence-corrected chi connectivity index (χ2v) is 6.64. The maximum Gasteiger partial charge on any atom is 0.514 e. The SMILES string of the molecule is CC1(C)OB(c2cc(C(F)(F)F)nn2-c2ccccn2)OC1(C)C. The van der Waals surface area contributed by atoms with Crippen LogP contribution in [0.5, 0.6) is 0 Å². The number of aromatic nitrogens is 3. The molecule has 0 atom stereocenters. The molecule has 0 aliphatic carbocycles. The van der Waals surface area contributed by atoms with Crippen LogP contribution in [-0.4, -0.2) is 33.1 Å². The zero-order valence-electron chi connectivity index (χ0n) is 13.8. The van der Waals surface area contributed by atoms with Crippen LogP contribution in [0.1, 0.15) is 33.4 Å². The molecule has 9 heteroatoms. The highest BCUT2D eigenvalue weighted by molar-refractivity contribution is 6.61. The minimum absolute atomic E-state index is 0.152. The van der Waals surface area contributed by atoms with Crippen molar-refractivity contribution >= 4 is 12.7 Å². The maximum atomic E-state index is 13.1. The lowest BCUT2D eigenvalue weighted by Gasteiger charge is -2.32. The Bertz CT molecular complexity index is 728. The Hall–Kier alpha value is -1.87. The minimum Gasteiger partial charge on any atom is -0.398 e. The molecule has 0 aromatic carbocycles. The first-order chi connectivity index (χ1) is 11.0. The summed E-state index contributed by atoms with van der Waals surface area (Å²) in [7, 11) is -0.972. The van der Waals surface area contributed by atoms with Crippen molar-refractivity contribution in [1.29, 1.82) is 0 Å². The zero-order chi connectivity index (χ0) is 17.8. The molecule has 0 radical (unpaired) electrons. The number of hydrogen-bond acceptors (Lipinski definition) is 4. The average Bonchev–Trinajstić information content (AvgIpc) is 2.99. The molecule has 2 aromatic heterocycles. The van der Waals surface area contributed by atoms with E-state index in [4.69, 9.17) is 9.31 Å². The van der Waals surface area contributed by atoms with Gasteiger partial charge >= 0.3 is 13.3 Å². The normalized spacial score (nSPS) is 19.7. The van der Waals surface area contributed by atoms with Gasteiger partial charge in [-0.25, -0.2) is 9.67 Å². The lowest BCUT2D eigenvalue weighted by atomic mass is 9.84. The quantitative estimate of drug-likeness (QED) is 0.790. The first-order valence-corrected chi connectivity index (χ1v) is 7.45. The summed E-state index contributed by atoms with van der Waals surface area (Å²) < 4.78 is 52.2. The van der Waals surface area contributed by atoms with E-state index in [1.165, 1.54) is 6.20 Å². The van der Waals surface area contributed by atoms with E-state index < -0.39 is 30.2 Å². The van der Waals surface area contributed by atoms with Gasteiger partial charge in [0.2, 0.25) is 0 Å². The smallest absolute Gasteiger partial charge is 0.398 e. The minimum atomic E-state index is -4.57. The van der Waals surface area contributed by atoms with Crippen molar-refractivity contribution in [3.8, 4) is 5.82 Å². The fraction of sp³-hybridized carbons (Fsp3) is 0.467. The Morgan fingerprint density at radius 2 is 1.71 bits per heavy atom. The van der Waals surface area contributed by atoms with Crippen molar-refractivity contribution < 1.29 is 22.5 Å². The predicted octanol–water partition coefficient (Wildman–Crippen LogP) is 2.59. The van der Waals surface area contributed by atoms with Crippen molar-refractivity contribution in [3.05, 3.63) is 36.2 Å². The van der Waals surface area contributed by atoms with Crippen LogP contribution in [0, 0.1) is 0 Å². The van der Waals surface area contributed by atoms with Gasteiger partial charge in [0, 0.05) is 6.20 Å². The molecule has 0 N–H and O–H groups in total. The standard InChI is InChI=1S/C15H17BF3N3O2/c1-13(2)14(3,4)24-16(23-13)11-9-10(15(17,18)19)21-22(11)12-7-5-6-8-20-12/h5-9H,1-4H3. The van der Waals surface area contributed by atoms with Crippen molar-refractivity contribution in [2.45, 2.75) is 45.1 Å². The van der Waals surface area contributed by atoms with Gasteiger partial charge in [-0.15, -0.1) is 0 Å². The molecule has 3 rings (SSSR count). The molecule has 5 nitrogen and oxygen atoms in total. The highest BCUT2D eigenvalue weighted by Gasteiger charge is 2.53. The summed E-state index contributed by atoms with van der Waals surface area (Å²) in [5.41, 5.74) is -2.21. The van der Waals surface area contributed by atoms with E-state index >= 15 is 0 Å². The van der Waals surface area contributed by atoms with Crippen LogP contribution in [0.3, 0.4) is 0 Å². The highest BCUT2D eigenvalue weighted by Crippen LogP contribution is 2.37. The third kappa shape index (κ3) is 2.82. The average molecular weight is 339 g/mol. The zero-order valence-corrected chi connectivity index (χ0v) is 13.8. The van der Waals surface area contributed by atoms with Gasteiger partial charge in [0.05, 0.1) is 16.8 Å². The first-order valence-electron chi connectivity index (χ1n) is 7.45. The molecule has 0 unspecified atom stereocenters. The van der Waals surface area contributed by atoms with E-state index in [1.807, 2.05) is 27.7 Å². The molecule has 24 heavy (non-hydrogen) atoms. The Balaban J connectivity index is 2.09. The lowest BCUT2D eigenvalue weighted by Crippen LogP contribution is -2.41. The molecule has 0 amide bonds. The van der Waals surface area contributed by atoms with Gasteiger partial charge < -0.3 is 9.31 Å². The second-order valence-electron chi connectivity index (χ2n) is 6.64. The molecule has 0 saturated carbocycles. The molecule has 0 bridgehead atoms. The monoisotopic (exact) mass is 339 g/mol. The van der Waals surface area contributed by atoms with Gasteiger partial charge in [-0.2, -0.15) is 18.3 Å². The van der Waals surface area contributed by atoms with Crippen molar-refractivity contribution in [3.63, 3.8) is 0 Å². The molecule has 1 fully saturated rings. The molecule has 1 aliphatic rings. The summed E-state index contributed by atoms with van der Waals surface area (Å²) in [5.74, 6) is 0.262. The Morgan fingerprint density at radius 3 is 2.21 bits per heavy atom. The number of alkyl halides is 3. The van der Waals surface area contributed by atoms with E-state index in [-0.39, 0.29) is 11.4 Å². The summed E-state index contributed by atoms with van der Waals surface area (Å²) >= 11 is 0. The Labute approximate surface area is 137 Å². The summed E-state index contributed by atoms with van der Waals surface area (Å²) in [4.78, 5) is 4.07.